The first-order valence-electron chi connectivity index (χ1n) is 8.37. The Hall–Kier alpha value is -3.04. The molecule has 0 saturated heterocycles. The lowest BCUT2D eigenvalue weighted by Gasteiger charge is -2.02. The highest BCUT2D eigenvalue weighted by molar-refractivity contribution is 7.17. The third-order valence-electron chi connectivity index (χ3n) is 4.15. The average molecular weight is 412 g/mol. The van der Waals surface area contributed by atoms with E-state index in [1.54, 1.807) is 13.3 Å². The van der Waals surface area contributed by atoms with E-state index in [1.807, 2.05) is 38.1 Å². The van der Waals surface area contributed by atoms with Gasteiger partial charge in [0.1, 0.15) is 11.3 Å². The molecule has 9 heteroatoms. The van der Waals surface area contributed by atoms with E-state index in [-0.39, 0.29) is 5.56 Å². The van der Waals surface area contributed by atoms with Gasteiger partial charge in [0.05, 0.1) is 12.8 Å². The first-order valence-corrected chi connectivity index (χ1v) is 10.0. The maximum Gasteiger partial charge on any atom is 0.271 e. The van der Waals surface area contributed by atoms with Crippen LogP contribution in [-0.2, 0) is 0 Å². The minimum absolute atomic E-state index is 0.0193. The van der Waals surface area contributed by atoms with Gasteiger partial charge in [0.2, 0.25) is 0 Å². The van der Waals surface area contributed by atoms with Gasteiger partial charge in [-0.3, -0.25) is 19.3 Å². The molecule has 0 radical (unpaired) electrons. The number of amides is 1. The number of methoxy groups -OCH3 is 1. The Bertz CT molecular complexity index is 1240. The summed E-state index contributed by atoms with van der Waals surface area (Å²) in [6.45, 7) is 3.82. The van der Waals surface area contributed by atoms with Crippen LogP contribution in [0.3, 0.4) is 0 Å². The fourth-order valence-electron chi connectivity index (χ4n) is 2.78. The number of benzene rings is 1. The summed E-state index contributed by atoms with van der Waals surface area (Å²) in [5, 5.41) is 3.15. The Morgan fingerprint density at radius 1 is 1.18 bits per heavy atom. The van der Waals surface area contributed by atoms with Crippen molar-refractivity contribution in [2.45, 2.75) is 13.8 Å². The summed E-state index contributed by atoms with van der Waals surface area (Å²) in [5.74, 6) is 0.239. The third-order valence-corrected chi connectivity index (χ3v) is 5.95. The predicted molar refractivity (Wildman–Crippen MR) is 111 cm³/mol. The molecule has 4 aromatic rings. The summed E-state index contributed by atoms with van der Waals surface area (Å²) in [4.78, 5) is 36.4. The van der Waals surface area contributed by atoms with Gasteiger partial charge >= 0.3 is 0 Å². The zero-order valence-corrected chi connectivity index (χ0v) is 17.0. The number of nitrogens with one attached hydrogen (secondary N) is 1. The fraction of sp³-hybridized carbons (Fsp3) is 0.158. The third kappa shape index (κ3) is 3.30. The average Bonchev–Trinajstić information content (AvgIpc) is 3.24. The minimum Gasteiger partial charge on any atom is -0.497 e. The summed E-state index contributed by atoms with van der Waals surface area (Å²) >= 11 is 2.75. The van der Waals surface area contributed by atoms with Crippen LogP contribution in [0.2, 0.25) is 0 Å². The number of rotatable bonds is 4. The lowest BCUT2D eigenvalue weighted by Crippen LogP contribution is -2.25. The number of aryl methyl sites for hydroxylation is 2. The number of nitrogens with zero attached hydrogens (tertiary/aromatic N) is 3. The van der Waals surface area contributed by atoms with E-state index in [2.05, 4.69) is 15.3 Å². The number of hydrogen-bond donors (Lipinski definition) is 1. The highest BCUT2D eigenvalue weighted by Crippen LogP contribution is 2.31. The van der Waals surface area contributed by atoms with Crippen LogP contribution in [0.4, 0.5) is 5.13 Å². The topological polar surface area (TPSA) is 85.6 Å². The van der Waals surface area contributed by atoms with Crippen molar-refractivity contribution >= 4 is 38.7 Å². The Balaban J connectivity index is 1.62. The second-order valence-corrected chi connectivity index (χ2v) is 8.49. The van der Waals surface area contributed by atoms with Crippen LogP contribution in [0.25, 0.3) is 16.2 Å². The van der Waals surface area contributed by atoms with Crippen molar-refractivity contribution in [1.82, 2.24) is 14.4 Å². The summed E-state index contributed by atoms with van der Waals surface area (Å²) in [5.41, 5.74) is 1.29. The molecule has 4 rings (SSSR count). The first-order chi connectivity index (χ1) is 13.5. The number of carbonyl (C=O) groups is 1. The molecule has 0 unspecified atom stereocenters. The zero-order valence-electron chi connectivity index (χ0n) is 15.3. The van der Waals surface area contributed by atoms with Crippen LogP contribution >= 0.6 is 22.7 Å². The van der Waals surface area contributed by atoms with Gasteiger partial charge in [-0.15, -0.1) is 22.7 Å². The molecule has 3 heterocycles. The van der Waals surface area contributed by atoms with Gasteiger partial charge in [-0.05, 0) is 38.1 Å². The van der Waals surface area contributed by atoms with Gasteiger partial charge < -0.3 is 4.74 Å². The Kier molecular flexibility index (Phi) is 4.70. The van der Waals surface area contributed by atoms with Gasteiger partial charge in [-0.1, -0.05) is 0 Å². The van der Waals surface area contributed by atoms with Gasteiger partial charge in [0, 0.05) is 27.7 Å². The molecule has 0 spiro atoms. The molecule has 0 atom stereocenters. The van der Waals surface area contributed by atoms with Crippen molar-refractivity contribution in [3.63, 3.8) is 0 Å². The number of carbonyl (C=O) groups excluding carboxylic acids is 1. The Morgan fingerprint density at radius 3 is 2.64 bits per heavy atom. The minimum atomic E-state index is -0.522. The quantitative estimate of drug-likeness (QED) is 0.552. The van der Waals surface area contributed by atoms with Crippen LogP contribution < -0.4 is 15.6 Å². The molecule has 7 nitrogen and oxygen atoms in total. The van der Waals surface area contributed by atoms with E-state index in [9.17, 15) is 9.59 Å². The molecule has 142 valence electrons. The summed E-state index contributed by atoms with van der Waals surface area (Å²) < 4.78 is 6.57. The van der Waals surface area contributed by atoms with E-state index in [0.717, 1.165) is 26.8 Å². The Labute approximate surface area is 168 Å². The number of anilines is 1. The van der Waals surface area contributed by atoms with Crippen molar-refractivity contribution in [3.8, 4) is 17.0 Å². The molecular weight excluding hydrogens is 396 g/mol. The largest absolute Gasteiger partial charge is 0.497 e. The molecule has 0 aliphatic carbocycles. The van der Waals surface area contributed by atoms with Gasteiger partial charge in [-0.25, -0.2) is 9.97 Å². The number of aromatic nitrogens is 3. The zero-order chi connectivity index (χ0) is 19.8. The molecule has 28 heavy (non-hydrogen) atoms. The number of thiazole rings is 2. The van der Waals surface area contributed by atoms with Crippen LogP contribution in [0, 0.1) is 13.8 Å². The number of fused-ring (bicyclic) bond motifs is 1. The Morgan fingerprint density at radius 2 is 1.93 bits per heavy atom. The maximum absolute atomic E-state index is 12.6. The van der Waals surface area contributed by atoms with Crippen LogP contribution in [-0.4, -0.2) is 27.4 Å². The fourth-order valence-corrected chi connectivity index (χ4v) is 4.40. The van der Waals surface area contributed by atoms with Crippen LogP contribution in [0.15, 0.2) is 41.5 Å². The predicted octanol–water partition coefficient (Wildman–Crippen LogP) is 3.76. The summed E-state index contributed by atoms with van der Waals surface area (Å²) in [6, 6.07) is 7.54. The lowest BCUT2D eigenvalue weighted by molar-refractivity contribution is 0.102. The highest BCUT2D eigenvalue weighted by Gasteiger charge is 2.17. The summed E-state index contributed by atoms with van der Waals surface area (Å²) in [6.07, 6.45) is 3.00. The van der Waals surface area contributed by atoms with Crippen molar-refractivity contribution in [3.05, 3.63) is 62.3 Å². The van der Waals surface area contributed by atoms with E-state index >= 15 is 0 Å². The van der Waals surface area contributed by atoms with Gasteiger partial charge in [-0.2, -0.15) is 0 Å². The van der Waals surface area contributed by atoms with Crippen molar-refractivity contribution in [1.29, 1.82) is 0 Å². The van der Waals surface area contributed by atoms with Gasteiger partial charge in [0.15, 0.2) is 10.1 Å². The number of ether oxygens (including phenoxy) is 1. The molecule has 1 amide bonds. The molecule has 1 N–H and O–H groups in total. The second kappa shape index (κ2) is 7.17. The molecule has 0 bridgehead atoms. The van der Waals surface area contributed by atoms with Crippen molar-refractivity contribution in [2.75, 3.05) is 12.4 Å². The van der Waals surface area contributed by atoms with Crippen LogP contribution in [0.1, 0.15) is 20.1 Å². The first kappa shape index (κ1) is 18.3. The molecule has 0 fully saturated rings. The number of hydrogen-bond acceptors (Lipinski definition) is 7. The highest BCUT2D eigenvalue weighted by atomic mass is 32.1. The molecule has 1 aromatic carbocycles. The second-order valence-electron chi connectivity index (χ2n) is 6.08. The summed E-state index contributed by atoms with van der Waals surface area (Å²) in [7, 11) is 1.61. The van der Waals surface area contributed by atoms with E-state index in [0.29, 0.717) is 10.1 Å². The normalized spacial score (nSPS) is 11.0. The smallest absolute Gasteiger partial charge is 0.271 e. The molecular formula is C19H16N4O3S2. The molecule has 0 saturated carbocycles. The SMILES string of the molecule is COc1ccc(-c2nc(NC(=O)c3cnc4sc(C)cn4c3=O)sc2C)cc1. The molecule has 0 aliphatic rings. The molecule has 0 aliphatic heterocycles. The van der Waals surface area contributed by atoms with Crippen molar-refractivity contribution < 1.29 is 9.53 Å². The van der Waals surface area contributed by atoms with Crippen LogP contribution in [0.5, 0.6) is 5.75 Å². The lowest BCUT2D eigenvalue weighted by atomic mass is 10.1. The standard InChI is InChI=1S/C19H16N4O3S2/c1-10-9-23-17(25)14(8-20-19(23)27-10)16(24)22-18-21-15(11(2)28-18)12-4-6-13(26-3)7-5-12/h4-9H,1-3H3,(H,21,22,24). The maximum atomic E-state index is 12.6. The van der Waals surface area contributed by atoms with Gasteiger partial charge in [0.25, 0.3) is 11.5 Å². The van der Waals surface area contributed by atoms with E-state index in [1.165, 1.54) is 33.3 Å². The van der Waals surface area contributed by atoms with E-state index in [4.69, 9.17) is 4.74 Å². The van der Waals surface area contributed by atoms with Crippen molar-refractivity contribution in [2.24, 2.45) is 0 Å². The molecule has 3 aromatic heterocycles. The van der Waals surface area contributed by atoms with E-state index < -0.39 is 11.5 Å². The monoisotopic (exact) mass is 412 g/mol.